The SMILES string of the molecule is CCCC1CCCC(=CC(C)O)CC1. The molecule has 0 amide bonds. The van der Waals surface area contributed by atoms with Gasteiger partial charge in [-0.15, -0.1) is 0 Å². The topological polar surface area (TPSA) is 20.2 Å². The summed E-state index contributed by atoms with van der Waals surface area (Å²) in [6.07, 6.45) is 11.0. The van der Waals surface area contributed by atoms with Crippen LogP contribution in [0.5, 0.6) is 0 Å². The molecule has 1 N–H and O–H groups in total. The molecule has 14 heavy (non-hydrogen) atoms. The molecular formula is C13H24O. The minimum absolute atomic E-state index is 0.257. The summed E-state index contributed by atoms with van der Waals surface area (Å²) in [7, 11) is 0. The van der Waals surface area contributed by atoms with Crippen molar-refractivity contribution in [2.24, 2.45) is 5.92 Å². The van der Waals surface area contributed by atoms with Crippen molar-refractivity contribution in [3.63, 3.8) is 0 Å². The van der Waals surface area contributed by atoms with Crippen LogP contribution in [0.2, 0.25) is 0 Å². The Morgan fingerprint density at radius 3 is 2.86 bits per heavy atom. The second kappa shape index (κ2) is 6.23. The maximum atomic E-state index is 9.29. The zero-order valence-corrected chi connectivity index (χ0v) is 9.63. The van der Waals surface area contributed by atoms with Crippen LogP contribution in [0.4, 0.5) is 0 Å². The standard InChI is InChI=1S/C13H24O/c1-3-5-12-6-4-7-13(9-8-12)10-11(2)14/h10-12,14H,3-9H2,1-2H3. The molecule has 2 unspecified atom stereocenters. The smallest absolute Gasteiger partial charge is 0.0695 e. The van der Waals surface area contributed by atoms with Gasteiger partial charge in [0.1, 0.15) is 0 Å². The Hall–Kier alpha value is -0.300. The fraction of sp³-hybridized carbons (Fsp3) is 0.846. The molecule has 1 fully saturated rings. The largest absolute Gasteiger partial charge is 0.389 e. The second-order valence-electron chi connectivity index (χ2n) is 4.65. The minimum atomic E-state index is -0.257. The second-order valence-corrected chi connectivity index (χ2v) is 4.65. The zero-order valence-electron chi connectivity index (χ0n) is 9.63. The number of allylic oxidation sites excluding steroid dienone is 1. The van der Waals surface area contributed by atoms with E-state index in [1.807, 2.05) is 13.0 Å². The fourth-order valence-corrected chi connectivity index (χ4v) is 2.48. The van der Waals surface area contributed by atoms with Crippen LogP contribution >= 0.6 is 0 Å². The van der Waals surface area contributed by atoms with Crippen molar-refractivity contribution in [2.75, 3.05) is 0 Å². The van der Waals surface area contributed by atoms with Crippen molar-refractivity contribution in [2.45, 2.75) is 64.9 Å². The van der Waals surface area contributed by atoms with Gasteiger partial charge in [0.05, 0.1) is 6.10 Å². The van der Waals surface area contributed by atoms with Crippen LogP contribution in [-0.2, 0) is 0 Å². The van der Waals surface area contributed by atoms with Crippen molar-refractivity contribution in [1.29, 1.82) is 0 Å². The van der Waals surface area contributed by atoms with Gasteiger partial charge in [0.2, 0.25) is 0 Å². The zero-order chi connectivity index (χ0) is 10.4. The molecule has 0 saturated heterocycles. The van der Waals surface area contributed by atoms with Gasteiger partial charge in [0.25, 0.3) is 0 Å². The van der Waals surface area contributed by atoms with E-state index in [-0.39, 0.29) is 6.10 Å². The molecule has 1 aliphatic carbocycles. The van der Waals surface area contributed by atoms with E-state index in [2.05, 4.69) is 6.92 Å². The highest BCUT2D eigenvalue weighted by Crippen LogP contribution is 2.29. The van der Waals surface area contributed by atoms with Gasteiger partial charge in [-0.05, 0) is 38.5 Å². The van der Waals surface area contributed by atoms with E-state index in [0.717, 1.165) is 5.92 Å². The molecule has 1 nitrogen and oxygen atoms in total. The molecule has 0 heterocycles. The normalized spacial score (nSPS) is 28.8. The molecule has 1 saturated carbocycles. The van der Waals surface area contributed by atoms with Gasteiger partial charge in [0.15, 0.2) is 0 Å². The Balaban J connectivity index is 2.40. The Morgan fingerprint density at radius 2 is 2.21 bits per heavy atom. The summed E-state index contributed by atoms with van der Waals surface area (Å²) in [4.78, 5) is 0. The Morgan fingerprint density at radius 1 is 1.43 bits per heavy atom. The van der Waals surface area contributed by atoms with Crippen LogP contribution < -0.4 is 0 Å². The highest BCUT2D eigenvalue weighted by atomic mass is 16.3. The first-order valence-electron chi connectivity index (χ1n) is 6.10. The summed E-state index contributed by atoms with van der Waals surface area (Å²) in [5, 5.41) is 9.29. The number of hydrogen-bond acceptors (Lipinski definition) is 1. The first-order chi connectivity index (χ1) is 6.72. The summed E-state index contributed by atoms with van der Waals surface area (Å²) in [5.74, 6) is 0.944. The number of aliphatic hydroxyl groups is 1. The van der Waals surface area contributed by atoms with Crippen molar-refractivity contribution in [1.82, 2.24) is 0 Å². The van der Waals surface area contributed by atoms with Gasteiger partial charge in [-0.1, -0.05) is 37.8 Å². The van der Waals surface area contributed by atoms with Gasteiger partial charge < -0.3 is 5.11 Å². The summed E-state index contributed by atoms with van der Waals surface area (Å²) < 4.78 is 0. The molecule has 0 bridgehead atoms. The van der Waals surface area contributed by atoms with E-state index in [1.54, 1.807) is 0 Å². The number of hydrogen-bond donors (Lipinski definition) is 1. The van der Waals surface area contributed by atoms with E-state index < -0.39 is 0 Å². The summed E-state index contributed by atoms with van der Waals surface area (Å²) >= 11 is 0. The predicted octanol–water partition coefficient (Wildman–Crippen LogP) is 3.67. The average Bonchev–Trinajstić information content (AvgIpc) is 2.31. The minimum Gasteiger partial charge on any atom is -0.389 e. The van der Waals surface area contributed by atoms with Crippen LogP contribution in [0.1, 0.15) is 58.8 Å². The van der Waals surface area contributed by atoms with Crippen LogP contribution in [0.25, 0.3) is 0 Å². The molecule has 0 aliphatic heterocycles. The molecule has 0 aromatic heterocycles. The van der Waals surface area contributed by atoms with Gasteiger partial charge >= 0.3 is 0 Å². The van der Waals surface area contributed by atoms with E-state index in [0.29, 0.717) is 0 Å². The van der Waals surface area contributed by atoms with Gasteiger partial charge in [-0.2, -0.15) is 0 Å². The van der Waals surface area contributed by atoms with Crippen LogP contribution in [-0.4, -0.2) is 11.2 Å². The lowest BCUT2D eigenvalue weighted by atomic mass is 9.95. The first kappa shape index (κ1) is 11.8. The van der Waals surface area contributed by atoms with Crippen molar-refractivity contribution >= 4 is 0 Å². The molecule has 0 aromatic carbocycles. The van der Waals surface area contributed by atoms with Gasteiger partial charge in [-0.3, -0.25) is 0 Å². The molecule has 0 radical (unpaired) electrons. The third-order valence-electron chi connectivity index (χ3n) is 3.16. The molecule has 1 heteroatoms. The molecule has 1 aliphatic rings. The summed E-state index contributed by atoms with van der Waals surface area (Å²) in [5.41, 5.74) is 1.48. The van der Waals surface area contributed by atoms with Crippen LogP contribution in [0, 0.1) is 5.92 Å². The quantitative estimate of drug-likeness (QED) is 0.539. The highest BCUT2D eigenvalue weighted by Gasteiger charge is 2.13. The lowest BCUT2D eigenvalue weighted by molar-refractivity contribution is 0.242. The Kier molecular flexibility index (Phi) is 5.24. The highest BCUT2D eigenvalue weighted by molar-refractivity contribution is 5.05. The molecule has 0 spiro atoms. The Labute approximate surface area is 88.2 Å². The third-order valence-corrected chi connectivity index (χ3v) is 3.16. The summed E-state index contributed by atoms with van der Waals surface area (Å²) in [6.45, 7) is 4.12. The van der Waals surface area contributed by atoms with E-state index in [1.165, 1.54) is 50.5 Å². The van der Waals surface area contributed by atoms with Crippen molar-refractivity contribution < 1.29 is 5.11 Å². The van der Waals surface area contributed by atoms with E-state index in [9.17, 15) is 5.11 Å². The fourth-order valence-electron chi connectivity index (χ4n) is 2.48. The maximum absolute atomic E-state index is 9.29. The van der Waals surface area contributed by atoms with Crippen LogP contribution in [0.15, 0.2) is 11.6 Å². The van der Waals surface area contributed by atoms with Gasteiger partial charge in [0, 0.05) is 0 Å². The molecule has 2 atom stereocenters. The van der Waals surface area contributed by atoms with Gasteiger partial charge in [-0.25, -0.2) is 0 Å². The van der Waals surface area contributed by atoms with Crippen molar-refractivity contribution in [3.8, 4) is 0 Å². The van der Waals surface area contributed by atoms with Crippen LogP contribution in [0.3, 0.4) is 0 Å². The molecule has 0 aromatic rings. The molecule has 82 valence electrons. The average molecular weight is 196 g/mol. The van der Waals surface area contributed by atoms with Crippen molar-refractivity contribution in [3.05, 3.63) is 11.6 Å². The maximum Gasteiger partial charge on any atom is 0.0695 e. The van der Waals surface area contributed by atoms with E-state index in [4.69, 9.17) is 0 Å². The molecular weight excluding hydrogens is 172 g/mol. The Bertz CT molecular complexity index is 182. The molecule has 1 rings (SSSR count). The number of rotatable bonds is 3. The first-order valence-corrected chi connectivity index (χ1v) is 6.10. The monoisotopic (exact) mass is 196 g/mol. The number of aliphatic hydroxyl groups excluding tert-OH is 1. The van der Waals surface area contributed by atoms with E-state index >= 15 is 0 Å². The summed E-state index contributed by atoms with van der Waals surface area (Å²) in [6, 6.07) is 0. The lowest BCUT2D eigenvalue weighted by Crippen LogP contribution is -1.98. The lowest BCUT2D eigenvalue weighted by Gasteiger charge is -2.11. The third kappa shape index (κ3) is 4.28. The predicted molar refractivity (Wildman–Crippen MR) is 61.2 cm³/mol.